The minimum atomic E-state index is -4.16. The molecule has 1 atom stereocenters. The van der Waals surface area contributed by atoms with Crippen LogP contribution in [0, 0.1) is 5.92 Å². The number of thiol groups is 1. The van der Waals surface area contributed by atoms with E-state index in [0.29, 0.717) is 35.2 Å². The molecule has 19 heavy (non-hydrogen) atoms. The van der Waals surface area contributed by atoms with E-state index in [1.807, 2.05) is 0 Å². The van der Waals surface area contributed by atoms with Crippen molar-refractivity contribution in [3.8, 4) is 0 Å². The average Bonchev–Trinajstić information content (AvgIpc) is 2.38. The number of halogens is 3. The van der Waals surface area contributed by atoms with Crippen molar-refractivity contribution in [3.63, 3.8) is 0 Å². The zero-order valence-electron chi connectivity index (χ0n) is 11.4. The standard InChI is InChI=1S/C13H23F3N2S/c1-10(19)11-2-4-12(5-3-11)17-6-8-18(9-7-17)13(14,15)16/h10-12,19H,2-9H2,1H3/t10?,11-,12-. The topological polar surface area (TPSA) is 6.48 Å². The van der Waals surface area contributed by atoms with E-state index in [2.05, 4.69) is 24.5 Å². The summed E-state index contributed by atoms with van der Waals surface area (Å²) in [5.41, 5.74) is 0. The van der Waals surface area contributed by atoms with E-state index in [1.54, 1.807) is 0 Å². The minimum absolute atomic E-state index is 0.117. The van der Waals surface area contributed by atoms with Crippen LogP contribution < -0.4 is 0 Å². The van der Waals surface area contributed by atoms with Gasteiger partial charge in [0.2, 0.25) is 0 Å². The first-order valence-electron chi connectivity index (χ1n) is 7.12. The molecule has 0 spiro atoms. The molecule has 1 saturated heterocycles. The molecular formula is C13H23F3N2S. The van der Waals surface area contributed by atoms with Crippen molar-refractivity contribution in [3.05, 3.63) is 0 Å². The maximum atomic E-state index is 12.5. The van der Waals surface area contributed by atoms with Crippen molar-refractivity contribution in [1.82, 2.24) is 9.80 Å². The van der Waals surface area contributed by atoms with Gasteiger partial charge in [-0.05, 0) is 31.6 Å². The normalized spacial score (nSPS) is 33.3. The van der Waals surface area contributed by atoms with Gasteiger partial charge in [0.25, 0.3) is 0 Å². The van der Waals surface area contributed by atoms with Crippen LogP contribution in [-0.2, 0) is 0 Å². The van der Waals surface area contributed by atoms with Crippen LogP contribution in [0.4, 0.5) is 13.2 Å². The van der Waals surface area contributed by atoms with Crippen molar-refractivity contribution < 1.29 is 13.2 Å². The predicted molar refractivity (Wildman–Crippen MR) is 73.4 cm³/mol. The van der Waals surface area contributed by atoms with Crippen molar-refractivity contribution in [2.45, 2.75) is 50.2 Å². The predicted octanol–water partition coefficient (Wildman–Crippen LogP) is 3.00. The van der Waals surface area contributed by atoms with E-state index < -0.39 is 6.30 Å². The van der Waals surface area contributed by atoms with Crippen LogP contribution in [0.25, 0.3) is 0 Å². The average molecular weight is 296 g/mol. The molecule has 1 saturated carbocycles. The Balaban J connectivity index is 1.77. The van der Waals surface area contributed by atoms with Gasteiger partial charge in [-0.3, -0.25) is 4.90 Å². The highest BCUT2D eigenvalue weighted by atomic mass is 32.1. The minimum Gasteiger partial charge on any atom is -0.298 e. The first-order chi connectivity index (χ1) is 8.88. The lowest BCUT2D eigenvalue weighted by Crippen LogP contribution is -2.54. The molecule has 0 bridgehead atoms. The smallest absolute Gasteiger partial charge is 0.298 e. The molecule has 1 unspecified atom stereocenters. The Bertz CT molecular complexity index is 280. The highest BCUT2D eigenvalue weighted by Crippen LogP contribution is 2.32. The zero-order chi connectivity index (χ0) is 14.0. The molecule has 0 radical (unpaired) electrons. The maximum Gasteiger partial charge on any atom is 0.460 e. The fourth-order valence-corrected chi connectivity index (χ4v) is 3.59. The first kappa shape index (κ1) is 15.4. The molecule has 0 amide bonds. The Morgan fingerprint density at radius 2 is 1.53 bits per heavy atom. The van der Waals surface area contributed by atoms with Gasteiger partial charge in [-0.1, -0.05) is 6.92 Å². The summed E-state index contributed by atoms with van der Waals surface area (Å²) in [6.07, 6.45) is 0.387. The highest BCUT2D eigenvalue weighted by molar-refractivity contribution is 7.80. The fraction of sp³-hybridized carbons (Fsp3) is 1.00. The SMILES string of the molecule is CC(S)[C@H]1CC[C@H](N2CCN(C(F)(F)F)CC2)CC1. The van der Waals surface area contributed by atoms with Gasteiger partial charge in [0.15, 0.2) is 0 Å². The second-order valence-corrected chi connectivity index (χ2v) is 6.61. The number of piperazine rings is 1. The van der Waals surface area contributed by atoms with E-state index in [4.69, 9.17) is 0 Å². The molecule has 112 valence electrons. The van der Waals surface area contributed by atoms with E-state index >= 15 is 0 Å². The lowest BCUT2D eigenvalue weighted by atomic mass is 9.83. The zero-order valence-corrected chi connectivity index (χ0v) is 12.3. The third kappa shape index (κ3) is 4.02. The Hall–Kier alpha value is 0.0600. The molecule has 0 aromatic heterocycles. The lowest BCUT2D eigenvalue weighted by Gasteiger charge is -2.42. The van der Waals surface area contributed by atoms with E-state index in [0.717, 1.165) is 25.7 Å². The molecule has 2 nitrogen and oxygen atoms in total. The van der Waals surface area contributed by atoms with Crippen LogP contribution >= 0.6 is 12.6 Å². The Morgan fingerprint density at radius 1 is 1.00 bits per heavy atom. The summed E-state index contributed by atoms with van der Waals surface area (Å²) in [5, 5.41) is 0.433. The molecule has 2 fully saturated rings. The maximum absolute atomic E-state index is 12.5. The molecular weight excluding hydrogens is 273 g/mol. The van der Waals surface area contributed by atoms with Gasteiger partial charge in [0.05, 0.1) is 0 Å². The third-order valence-corrected chi connectivity index (χ3v) is 5.03. The van der Waals surface area contributed by atoms with E-state index in [9.17, 15) is 13.2 Å². The van der Waals surface area contributed by atoms with Gasteiger partial charge in [0, 0.05) is 37.5 Å². The Kier molecular flexibility index (Phi) is 5.06. The van der Waals surface area contributed by atoms with Crippen LogP contribution in [-0.4, -0.2) is 53.6 Å². The molecule has 1 aliphatic carbocycles. The molecule has 2 rings (SSSR count). The molecule has 2 aliphatic rings. The molecule has 0 N–H and O–H groups in total. The summed E-state index contributed by atoms with van der Waals surface area (Å²) in [5.74, 6) is 0.677. The van der Waals surface area contributed by atoms with Crippen molar-refractivity contribution >= 4 is 12.6 Å². The van der Waals surface area contributed by atoms with Crippen LogP contribution in [0.5, 0.6) is 0 Å². The number of alkyl halides is 3. The monoisotopic (exact) mass is 296 g/mol. The van der Waals surface area contributed by atoms with E-state index in [1.165, 1.54) is 0 Å². The number of hydrogen-bond acceptors (Lipinski definition) is 3. The fourth-order valence-electron chi connectivity index (χ4n) is 3.29. The highest BCUT2D eigenvalue weighted by Gasteiger charge is 2.40. The van der Waals surface area contributed by atoms with Crippen molar-refractivity contribution in [1.29, 1.82) is 0 Å². The van der Waals surface area contributed by atoms with Crippen molar-refractivity contribution in [2.24, 2.45) is 5.92 Å². The summed E-state index contributed by atoms with van der Waals surface area (Å²) in [4.78, 5) is 2.88. The quantitative estimate of drug-likeness (QED) is 0.618. The summed E-state index contributed by atoms with van der Waals surface area (Å²) in [6, 6.07) is 0.485. The Labute approximate surface area is 118 Å². The van der Waals surface area contributed by atoms with Crippen LogP contribution in [0.2, 0.25) is 0 Å². The van der Waals surface area contributed by atoms with Gasteiger partial charge < -0.3 is 0 Å². The summed E-state index contributed by atoms with van der Waals surface area (Å²) >= 11 is 4.50. The molecule has 1 aliphatic heterocycles. The van der Waals surface area contributed by atoms with Gasteiger partial charge in [-0.15, -0.1) is 0 Å². The Morgan fingerprint density at radius 3 is 1.95 bits per heavy atom. The summed E-state index contributed by atoms with van der Waals surface area (Å²) < 4.78 is 37.6. The number of rotatable bonds is 2. The van der Waals surface area contributed by atoms with Crippen molar-refractivity contribution in [2.75, 3.05) is 26.2 Å². The molecule has 1 heterocycles. The second kappa shape index (κ2) is 6.22. The first-order valence-corrected chi connectivity index (χ1v) is 7.63. The summed E-state index contributed by atoms with van der Waals surface area (Å²) in [6.45, 7) is 3.46. The number of nitrogens with zero attached hydrogens (tertiary/aromatic N) is 2. The molecule has 6 heteroatoms. The molecule has 0 aromatic rings. The van der Waals surface area contributed by atoms with Gasteiger partial charge in [0.1, 0.15) is 0 Å². The van der Waals surface area contributed by atoms with Gasteiger partial charge in [-0.25, -0.2) is 4.90 Å². The largest absolute Gasteiger partial charge is 0.460 e. The van der Waals surface area contributed by atoms with Crippen LogP contribution in [0.3, 0.4) is 0 Å². The number of hydrogen-bond donors (Lipinski definition) is 1. The lowest BCUT2D eigenvalue weighted by molar-refractivity contribution is -0.253. The molecule has 0 aromatic carbocycles. The van der Waals surface area contributed by atoms with Crippen LogP contribution in [0.15, 0.2) is 0 Å². The van der Waals surface area contributed by atoms with E-state index in [-0.39, 0.29) is 13.1 Å². The third-order valence-electron chi connectivity index (χ3n) is 4.61. The van der Waals surface area contributed by atoms with Crippen LogP contribution in [0.1, 0.15) is 32.6 Å². The summed E-state index contributed by atoms with van der Waals surface area (Å²) in [7, 11) is 0. The van der Waals surface area contributed by atoms with Gasteiger partial charge in [-0.2, -0.15) is 25.8 Å². The van der Waals surface area contributed by atoms with Gasteiger partial charge >= 0.3 is 6.30 Å². The second-order valence-electron chi connectivity index (χ2n) is 5.80.